The first-order chi connectivity index (χ1) is 7.25. The SMILES string of the molecule is C/C=C/[C@@H](C)C(=O)c1cccnc1.CC. The number of carbonyl (C=O) groups excluding carboxylic acids is 1. The molecule has 2 nitrogen and oxygen atoms in total. The highest BCUT2D eigenvalue weighted by Gasteiger charge is 2.11. The summed E-state index contributed by atoms with van der Waals surface area (Å²) in [6.45, 7) is 7.79. The van der Waals surface area contributed by atoms with E-state index in [0.717, 1.165) is 0 Å². The van der Waals surface area contributed by atoms with Crippen LogP contribution in [0.15, 0.2) is 36.7 Å². The molecule has 0 unspecified atom stereocenters. The van der Waals surface area contributed by atoms with Crippen LogP contribution < -0.4 is 0 Å². The first-order valence-corrected chi connectivity index (χ1v) is 5.32. The molecule has 1 rings (SSSR count). The van der Waals surface area contributed by atoms with Gasteiger partial charge in [0.2, 0.25) is 0 Å². The van der Waals surface area contributed by atoms with Crippen LogP contribution in [0.2, 0.25) is 0 Å². The summed E-state index contributed by atoms with van der Waals surface area (Å²) in [5.74, 6) is 0.0559. The molecule has 0 N–H and O–H groups in total. The van der Waals surface area contributed by atoms with E-state index in [-0.39, 0.29) is 11.7 Å². The van der Waals surface area contributed by atoms with Gasteiger partial charge in [-0.25, -0.2) is 0 Å². The van der Waals surface area contributed by atoms with Crippen LogP contribution in [0.25, 0.3) is 0 Å². The summed E-state index contributed by atoms with van der Waals surface area (Å²) in [5.41, 5.74) is 0.674. The topological polar surface area (TPSA) is 30.0 Å². The van der Waals surface area contributed by atoms with Crippen molar-refractivity contribution in [2.24, 2.45) is 5.92 Å². The van der Waals surface area contributed by atoms with Gasteiger partial charge < -0.3 is 0 Å². The van der Waals surface area contributed by atoms with Crippen LogP contribution in [0.4, 0.5) is 0 Å². The summed E-state index contributed by atoms with van der Waals surface area (Å²) in [5, 5.41) is 0. The van der Waals surface area contributed by atoms with Gasteiger partial charge in [-0.15, -0.1) is 0 Å². The van der Waals surface area contributed by atoms with Crippen molar-refractivity contribution in [3.05, 3.63) is 42.2 Å². The van der Waals surface area contributed by atoms with E-state index in [1.807, 2.05) is 39.8 Å². The van der Waals surface area contributed by atoms with Gasteiger partial charge in [0.05, 0.1) is 0 Å². The van der Waals surface area contributed by atoms with Crippen LogP contribution in [0, 0.1) is 5.92 Å². The smallest absolute Gasteiger partial charge is 0.170 e. The monoisotopic (exact) mass is 205 g/mol. The molecule has 0 amide bonds. The lowest BCUT2D eigenvalue weighted by Crippen LogP contribution is -2.08. The average Bonchev–Trinajstić information content (AvgIpc) is 2.32. The second-order valence-corrected chi connectivity index (χ2v) is 2.92. The molecular weight excluding hydrogens is 186 g/mol. The lowest BCUT2D eigenvalue weighted by atomic mass is 10.0. The minimum absolute atomic E-state index is 0.0609. The Hall–Kier alpha value is -1.44. The lowest BCUT2D eigenvalue weighted by molar-refractivity contribution is 0.0953. The molecule has 15 heavy (non-hydrogen) atoms. The number of rotatable bonds is 3. The van der Waals surface area contributed by atoms with Crippen molar-refractivity contribution in [3.8, 4) is 0 Å². The van der Waals surface area contributed by atoms with E-state index < -0.39 is 0 Å². The van der Waals surface area contributed by atoms with Gasteiger partial charge in [0.25, 0.3) is 0 Å². The highest BCUT2D eigenvalue weighted by Crippen LogP contribution is 2.08. The summed E-state index contributed by atoms with van der Waals surface area (Å²) in [7, 11) is 0. The predicted octanol–water partition coefficient (Wildman–Crippen LogP) is 3.50. The molecule has 0 radical (unpaired) electrons. The Kier molecular flexibility index (Phi) is 7.16. The number of allylic oxidation sites excluding steroid dienone is 2. The van der Waals surface area contributed by atoms with Gasteiger partial charge in [-0.3, -0.25) is 9.78 Å². The standard InChI is InChI=1S/C11H13NO.C2H6/c1-3-5-9(2)11(13)10-6-4-7-12-8-10;1-2/h3-9H,1-2H3;1-2H3/b5-3+;/t9-;/m1./s1. The zero-order chi connectivity index (χ0) is 11.7. The molecule has 1 aromatic heterocycles. The number of aromatic nitrogens is 1. The van der Waals surface area contributed by atoms with Crippen LogP contribution in [0.3, 0.4) is 0 Å². The second-order valence-electron chi connectivity index (χ2n) is 2.92. The van der Waals surface area contributed by atoms with Crippen LogP contribution in [0.1, 0.15) is 38.1 Å². The number of Topliss-reactive ketones (excluding diaryl/α,β-unsaturated/α-hetero) is 1. The van der Waals surface area contributed by atoms with Crippen molar-refractivity contribution in [1.29, 1.82) is 0 Å². The van der Waals surface area contributed by atoms with Gasteiger partial charge in [0.15, 0.2) is 5.78 Å². The van der Waals surface area contributed by atoms with Gasteiger partial charge >= 0.3 is 0 Å². The highest BCUT2D eigenvalue weighted by atomic mass is 16.1. The van der Waals surface area contributed by atoms with Gasteiger partial charge in [-0.2, -0.15) is 0 Å². The molecule has 0 fully saturated rings. The van der Waals surface area contributed by atoms with Crippen molar-refractivity contribution >= 4 is 5.78 Å². The Balaban J connectivity index is 0.000000921. The minimum Gasteiger partial charge on any atom is -0.293 e. The van der Waals surface area contributed by atoms with Crippen molar-refractivity contribution < 1.29 is 4.79 Å². The molecule has 2 heteroatoms. The Morgan fingerprint density at radius 1 is 1.47 bits per heavy atom. The number of hydrogen-bond acceptors (Lipinski definition) is 2. The Labute approximate surface area is 92.0 Å². The maximum absolute atomic E-state index is 11.6. The van der Waals surface area contributed by atoms with Gasteiger partial charge in [-0.05, 0) is 19.1 Å². The normalized spacial score (nSPS) is 11.7. The zero-order valence-corrected chi connectivity index (χ0v) is 9.90. The molecule has 82 valence electrons. The Bertz CT molecular complexity index is 304. The van der Waals surface area contributed by atoms with E-state index in [2.05, 4.69) is 4.98 Å². The van der Waals surface area contributed by atoms with Crippen LogP contribution in [-0.4, -0.2) is 10.8 Å². The third kappa shape index (κ3) is 4.54. The molecule has 1 aromatic rings. The maximum Gasteiger partial charge on any atom is 0.170 e. The van der Waals surface area contributed by atoms with E-state index in [9.17, 15) is 4.79 Å². The molecular formula is C13H19NO. The van der Waals surface area contributed by atoms with Crippen LogP contribution >= 0.6 is 0 Å². The van der Waals surface area contributed by atoms with Crippen molar-refractivity contribution in [2.75, 3.05) is 0 Å². The van der Waals surface area contributed by atoms with Gasteiger partial charge in [0.1, 0.15) is 0 Å². The molecule has 0 aliphatic rings. The van der Waals surface area contributed by atoms with Gasteiger partial charge in [0, 0.05) is 23.9 Å². The fourth-order valence-electron chi connectivity index (χ4n) is 1.15. The van der Waals surface area contributed by atoms with E-state index in [1.54, 1.807) is 24.5 Å². The molecule has 0 bridgehead atoms. The number of pyridine rings is 1. The third-order valence-electron chi connectivity index (χ3n) is 1.84. The van der Waals surface area contributed by atoms with Crippen molar-refractivity contribution in [2.45, 2.75) is 27.7 Å². The lowest BCUT2D eigenvalue weighted by Gasteiger charge is -2.03. The molecule has 0 saturated heterocycles. The molecule has 0 aliphatic heterocycles. The van der Waals surface area contributed by atoms with E-state index in [0.29, 0.717) is 5.56 Å². The number of hydrogen-bond donors (Lipinski definition) is 0. The van der Waals surface area contributed by atoms with Crippen LogP contribution in [-0.2, 0) is 0 Å². The predicted molar refractivity (Wildman–Crippen MR) is 63.9 cm³/mol. The summed E-state index contributed by atoms with van der Waals surface area (Å²) in [6, 6.07) is 3.56. The van der Waals surface area contributed by atoms with Crippen LogP contribution in [0.5, 0.6) is 0 Å². The second kappa shape index (κ2) is 7.92. The maximum atomic E-state index is 11.6. The fraction of sp³-hybridized carbons (Fsp3) is 0.385. The number of nitrogens with zero attached hydrogens (tertiary/aromatic N) is 1. The van der Waals surface area contributed by atoms with Gasteiger partial charge in [-0.1, -0.05) is 32.9 Å². The first-order valence-electron chi connectivity index (χ1n) is 5.32. The van der Waals surface area contributed by atoms with E-state index in [4.69, 9.17) is 0 Å². The third-order valence-corrected chi connectivity index (χ3v) is 1.84. The fourth-order valence-corrected chi connectivity index (χ4v) is 1.15. The summed E-state index contributed by atoms with van der Waals surface area (Å²) in [6.07, 6.45) is 7.04. The first kappa shape index (κ1) is 13.6. The van der Waals surface area contributed by atoms with E-state index in [1.165, 1.54) is 0 Å². The summed E-state index contributed by atoms with van der Waals surface area (Å²) < 4.78 is 0. The molecule has 1 atom stereocenters. The Morgan fingerprint density at radius 2 is 2.13 bits per heavy atom. The largest absolute Gasteiger partial charge is 0.293 e. The quantitative estimate of drug-likeness (QED) is 0.558. The number of ketones is 1. The minimum atomic E-state index is -0.0609. The molecule has 0 aliphatic carbocycles. The summed E-state index contributed by atoms with van der Waals surface area (Å²) in [4.78, 5) is 15.5. The summed E-state index contributed by atoms with van der Waals surface area (Å²) >= 11 is 0. The molecule has 0 aromatic carbocycles. The zero-order valence-electron chi connectivity index (χ0n) is 9.90. The number of carbonyl (C=O) groups is 1. The molecule has 0 spiro atoms. The Morgan fingerprint density at radius 3 is 2.60 bits per heavy atom. The van der Waals surface area contributed by atoms with Crippen molar-refractivity contribution in [3.63, 3.8) is 0 Å². The highest BCUT2D eigenvalue weighted by molar-refractivity contribution is 5.98. The molecule has 1 heterocycles. The van der Waals surface area contributed by atoms with Crippen molar-refractivity contribution in [1.82, 2.24) is 4.98 Å². The van der Waals surface area contributed by atoms with E-state index >= 15 is 0 Å². The average molecular weight is 205 g/mol. The molecule has 0 saturated carbocycles.